The molecule has 0 aliphatic rings. The Balaban J connectivity index is 2.00. The number of benzene rings is 1. The average molecular weight is 288 g/mol. The molecule has 0 aliphatic carbocycles. The standard InChI is InChI=1S/C17H24N2S/c1-3-11-19(12-14-5-7-15(18)8-6-14)13-17-10-9-16(4-2)20-17/h5-10H,3-4,11-13,18H2,1-2H3. The van der Waals surface area contributed by atoms with Crippen LogP contribution in [0.25, 0.3) is 0 Å². The molecule has 2 N–H and O–H groups in total. The fourth-order valence-electron chi connectivity index (χ4n) is 2.33. The van der Waals surface area contributed by atoms with Gasteiger partial charge in [-0.2, -0.15) is 0 Å². The van der Waals surface area contributed by atoms with Gasteiger partial charge in [0, 0.05) is 28.5 Å². The van der Waals surface area contributed by atoms with Gasteiger partial charge in [0.25, 0.3) is 0 Å². The Morgan fingerprint density at radius 1 is 0.950 bits per heavy atom. The minimum absolute atomic E-state index is 0.835. The van der Waals surface area contributed by atoms with E-state index in [9.17, 15) is 0 Å². The Kier molecular flexibility index (Phi) is 5.62. The molecular weight excluding hydrogens is 264 g/mol. The highest BCUT2D eigenvalue weighted by molar-refractivity contribution is 7.11. The van der Waals surface area contributed by atoms with E-state index in [1.807, 2.05) is 23.5 Å². The van der Waals surface area contributed by atoms with E-state index in [1.165, 1.54) is 21.7 Å². The summed E-state index contributed by atoms with van der Waals surface area (Å²) in [4.78, 5) is 5.45. The lowest BCUT2D eigenvalue weighted by molar-refractivity contribution is 0.259. The third kappa shape index (κ3) is 4.36. The molecule has 1 aromatic heterocycles. The Morgan fingerprint density at radius 3 is 2.25 bits per heavy atom. The largest absolute Gasteiger partial charge is 0.399 e. The summed E-state index contributed by atoms with van der Waals surface area (Å²) in [5.74, 6) is 0. The number of hydrogen-bond donors (Lipinski definition) is 1. The highest BCUT2D eigenvalue weighted by Gasteiger charge is 2.08. The van der Waals surface area contributed by atoms with Crippen LogP contribution in [0.4, 0.5) is 5.69 Å². The summed E-state index contributed by atoms with van der Waals surface area (Å²) in [7, 11) is 0. The number of hydrogen-bond acceptors (Lipinski definition) is 3. The summed E-state index contributed by atoms with van der Waals surface area (Å²) in [6.07, 6.45) is 2.32. The topological polar surface area (TPSA) is 29.3 Å². The summed E-state index contributed by atoms with van der Waals surface area (Å²) in [5, 5.41) is 0. The molecule has 1 heterocycles. The minimum Gasteiger partial charge on any atom is -0.399 e. The Morgan fingerprint density at radius 2 is 1.65 bits per heavy atom. The van der Waals surface area contributed by atoms with Crippen molar-refractivity contribution in [3.63, 3.8) is 0 Å². The van der Waals surface area contributed by atoms with E-state index in [2.05, 4.69) is 43.0 Å². The van der Waals surface area contributed by atoms with E-state index in [4.69, 9.17) is 5.73 Å². The van der Waals surface area contributed by atoms with E-state index in [-0.39, 0.29) is 0 Å². The van der Waals surface area contributed by atoms with Crippen LogP contribution in [-0.4, -0.2) is 11.4 Å². The molecule has 0 amide bonds. The van der Waals surface area contributed by atoms with Crippen LogP contribution >= 0.6 is 11.3 Å². The van der Waals surface area contributed by atoms with Crippen LogP contribution in [-0.2, 0) is 19.5 Å². The smallest absolute Gasteiger partial charge is 0.0331 e. The quantitative estimate of drug-likeness (QED) is 0.769. The van der Waals surface area contributed by atoms with Crippen LogP contribution in [0.1, 0.15) is 35.6 Å². The van der Waals surface area contributed by atoms with Crippen LogP contribution in [0.3, 0.4) is 0 Å². The second-order valence-electron chi connectivity index (χ2n) is 5.17. The van der Waals surface area contributed by atoms with Crippen LogP contribution in [0.15, 0.2) is 36.4 Å². The van der Waals surface area contributed by atoms with Gasteiger partial charge in [-0.25, -0.2) is 0 Å². The van der Waals surface area contributed by atoms with E-state index in [0.717, 1.165) is 31.7 Å². The molecule has 0 radical (unpaired) electrons. The maximum Gasteiger partial charge on any atom is 0.0331 e. The maximum atomic E-state index is 5.75. The summed E-state index contributed by atoms with van der Waals surface area (Å²) < 4.78 is 0. The van der Waals surface area contributed by atoms with Gasteiger partial charge in [-0.15, -0.1) is 11.3 Å². The summed E-state index contributed by atoms with van der Waals surface area (Å²) in [6.45, 7) is 7.62. The van der Waals surface area contributed by atoms with Crippen LogP contribution < -0.4 is 5.73 Å². The molecule has 0 bridgehead atoms. The lowest BCUT2D eigenvalue weighted by Crippen LogP contribution is -2.23. The first-order valence-electron chi connectivity index (χ1n) is 7.35. The van der Waals surface area contributed by atoms with Gasteiger partial charge in [0.1, 0.15) is 0 Å². The number of aryl methyl sites for hydroxylation is 1. The van der Waals surface area contributed by atoms with Crippen molar-refractivity contribution in [1.29, 1.82) is 0 Å². The Hall–Kier alpha value is -1.32. The first kappa shape index (κ1) is 15.1. The van der Waals surface area contributed by atoms with Crippen molar-refractivity contribution in [2.75, 3.05) is 12.3 Å². The number of nitrogens with zero attached hydrogens (tertiary/aromatic N) is 1. The lowest BCUT2D eigenvalue weighted by atomic mass is 10.2. The predicted octanol–water partition coefficient (Wildman–Crippen LogP) is 4.30. The first-order valence-corrected chi connectivity index (χ1v) is 8.17. The number of nitrogens with two attached hydrogens (primary N) is 1. The second-order valence-corrected chi connectivity index (χ2v) is 6.43. The Bertz CT molecular complexity index is 516. The first-order chi connectivity index (χ1) is 9.71. The van der Waals surface area contributed by atoms with Crippen molar-refractivity contribution in [3.8, 4) is 0 Å². The van der Waals surface area contributed by atoms with Crippen molar-refractivity contribution in [2.24, 2.45) is 0 Å². The summed E-state index contributed by atoms with van der Waals surface area (Å²) in [6, 6.07) is 12.8. The third-order valence-corrected chi connectivity index (χ3v) is 4.59. The molecular formula is C17H24N2S. The van der Waals surface area contributed by atoms with Crippen molar-refractivity contribution in [1.82, 2.24) is 4.90 Å². The van der Waals surface area contributed by atoms with Crippen molar-refractivity contribution in [2.45, 2.75) is 39.8 Å². The highest BCUT2D eigenvalue weighted by atomic mass is 32.1. The molecule has 2 rings (SSSR count). The zero-order valence-corrected chi connectivity index (χ0v) is 13.2. The van der Waals surface area contributed by atoms with Gasteiger partial charge in [0.15, 0.2) is 0 Å². The predicted molar refractivity (Wildman–Crippen MR) is 89.0 cm³/mol. The fraction of sp³-hybridized carbons (Fsp3) is 0.412. The molecule has 0 spiro atoms. The number of nitrogen functional groups attached to an aromatic ring is 1. The van der Waals surface area contributed by atoms with Crippen molar-refractivity contribution < 1.29 is 0 Å². The minimum atomic E-state index is 0.835. The average Bonchev–Trinajstić information content (AvgIpc) is 2.89. The number of rotatable bonds is 7. The van der Waals surface area contributed by atoms with Crippen LogP contribution in [0, 0.1) is 0 Å². The normalized spacial score (nSPS) is 11.2. The van der Waals surface area contributed by atoms with E-state index >= 15 is 0 Å². The van der Waals surface area contributed by atoms with Gasteiger partial charge in [0.05, 0.1) is 0 Å². The number of thiophene rings is 1. The summed E-state index contributed by atoms with van der Waals surface area (Å²) in [5.41, 5.74) is 7.91. The number of anilines is 1. The van der Waals surface area contributed by atoms with Gasteiger partial charge in [-0.3, -0.25) is 4.90 Å². The lowest BCUT2D eigenvalue weighted by Gasteiger charge is -2.21. The molecule has 0 aliphatic heterocycles. The van der Waals surface area contributed by atoms with Gasteiger partial charge >= 0.3 is 0 Å². The molecule has 108 valence electrons. The molecule has 20 heavy (non-hydrogen) atoms. The second kappa shape index (κ2) is 7.46. The van der Waals surface area contributed by atoms with Gasteiger partial charge in [-0.05, 0) is 49.2 Å². The van der Waals surface area contributed by atoms with Gasteiger partial charge in [0.2, 0.25) is 0 Å². The molecule has 0 unspecified atom stereocenters. The molecule has 0 atom stereocenters. The van der Waals surface area contributed by atoms with E-state index in [1.54, 1.807) is 0 Å². The zero-order valence-electron chi connectivity index (χ0n) is 12.4. The molecule has 0 saturated heterocycles. The molecule has 3 heteroatoms. The monoisotopic (exact) mass is 288 g/mol. The highest BCUT2D eigenvalue weighted by Crippen LogP contribution is 2.20. The van der Waals surface area contributed by atoms with Crippen molar-refractivity contribution in [3.05, 3.63) is 51.7 Å². The van der Waals surface area contributed by atoms with Crippen LogP contribution in [0.5, 0.6) is 0 Å². The van der Waals surface area contributed by atoms with Gasteiger partial charge < -0.3 is 5.73 Å². The maximum absolute atomic E-state index is 5.75. The van der Waals surface area contributed by atoms with Crippen molar-refractivity contribution >= 4 is 17.0 Å². The fourth-order valence-corrected chi connectivity index (χ4v) is 3.33. The third-order valence-electron chi connectivity index (χ3n) is 3.37. The molecule has 0 fully saturated rings. The molecule has 1 aromatic carbocycles. The van der Waals surface area contributed by atoms with E-state index < -0.39 is 0 Å². The van der Waals surface area contributed by atoms with Gasteiger partial charge in [-0.1, -0.05) is 26.0 Å². The van der Waals surface area contributed by atoms with Crippen LogP contribution in [0.2, 0.25) is 0 Å². The molecule has 2 aromatic rings. The SMILES string of the molecule is CCCN(Cc1ccc(N)cc1)Cc1ccc(CC)s1. The zero-order chi connectivity index (χ0) is 14.4. The molecule has 0 saturated carbocycles. The summed E-state index contributed by atoms with van der Waals surface area (Å²) >= 11 is 1.94. The van der Waals surface area contributed by atoms with E-state index in [0.29, 0.717) is 0 Å². The Labute approximate surface area is 126 Å². The molecule has 2 nitrogen and oxygen atoms in total.